The van der Waals surface area contributed by atoms with E-state index in [0.29, 0.717) is 12.1 Å². The second-order valence-electron chi connectivity index (χ2n) is 4.47. The summed E-state index contributed by atoms with van der Waals surface area (Å²) in [4.78, 5) is 0.859. The van der Waals surface area contributed by atoms with Gasteiger partial charge in [0.15, 0.2) is 11.6 Å². The van der Waals surface area contributed by atoms with Crippen molar-refractivity contribution in [1.82, 2.24) is 14.9 Å². The van der Waals surface area contributed by atoms with Crippen LogP contribution < -0.4 is 5.32 Å². The first-order chi connectivity index (χ1) is 9.69. The molecule has 2 aromatic rings. The third-order valence-electron chi connectivity index (χ3n) is 3.03. The Morgan fingerprint density at radius 3 is 2.80 bits per heavy atom. The number of hydrogen-bond acceptors (Lipinski definition) is 4. The standard InChI is InChI=1S/C14H17F2N3S/c1-3-6-11-14(20-19-18-11)13(17-4-2)9-7-5-8-10(15)12(9)16/h5,7-8,13,17H,3-4,6H2,1-2H3. The quantitative estimate of drug-likeness (QED) is 0.887. The lowest BCUT2D eigenvalue weighted by Crippen LogP contribution is -2.23. The van der Waals surface area contributed by atoms with Crippen LogP contribution in [0.3, 0.4) is 0 Å². The Kier molecular flexibility index (Phi) is 5.14. The van der Waals surface area contributed by atoms with Crippen molar-refractivity contribution in [2.45, 2.75) is 32.7 Å². The van der Waals surface area contributed by atoms with Gasteiger partial charge in [-0.2, -0.15) is 0 Å². The van der Waals surface area contributed by atoms with Crippen molar-refractivity contribution in [1.29, 1.82) is 0 Å². The Bertz CT molecular complexity index is 571. The van der Waals surface area contributed by atoms with Crippen LogP contribution in [0, 0.1) is 11.6 Å². The first-order valence-corrected chi connectivity index (χ1v) is 7.44. The van der Waals surface area contributed by atoms with E-state index in [1.54, 1.807) is 6.07 Å². The van der Waals surface area contributed by atoms with E-state index in [1.807, 2.05) is 13.8 Å². The summed E-state index contributed by atoms with van der Waals surface area (Å²) < 4.78 is 31.4. The van der Waals surface area contributed by atoms with Crippen molar-refractivity contribution in [3.63, 3.8) is 0 Å². The summed E-state index contributed by atoms with van der Waals surface area (Å²) in [6, 6.07) is 3.84. The molecule has 0 radical (unpaired) electrons. The fraction of sp³-hybridized carbons (Fsp3) is 0.429. The minimum absolute atomic E-state index is 0.301. The van der Waals surface area contributed by atoms with Gasteiger partial charge in [-0.1, -0.05) is 36.9 Å². The summed E-state index contributed by atoms with van der Waals surface area (Å²) in [5.74, 6) is -1.64. The maximum absolute atomic E-state index is 14.0. The summed E-state index contributed by atoms with van der Waals surface area (Å²) in [5, 5.41) is 7.29. The molecule has 0 saturated heterocycles. The monoisotopic (exact) mass is 297 g/mol. The van der Waals surface area contributed by atoms with Gasteiger partial charge in [-0.05, 0) is 30.6 Å². The van der Waals surface area contributed by atoms with Crippen LogP contribution in [0.2, 0.25) is 0 Å². The number of nitrogens with one attached hydrogen (secondary N) is 1. The van der Waals surface area contributed by atoms with Gasteiger partial charge in [0.1, 0.15) is 0 Å². The molecule has 0 bridgehead atoms. The molecule has 20 heavy (non-hydrogen) atoms. The molecule has 0 spiro atoms. The second-order valence-corrected chi connectivity index (χ2v) is 5.25. The highest BCUT2D eigenvalue weighted by Crippen LogP contribution is 2.30. The zero-order valence-electron chi connectivity index (χ0n) is 11.5. The Hall–Kier alpha value is -1.40. The number of aromatic nitrogens is 2. The van der Waals surface area contributed by atoms with Crippen LogP contribution in [-0.2, 0) is 6.42 Å². The number of hydrogen-bond donors (Lipinski definition) is 1. The van der Waals surface area contributed by atoms with Gasteiger partial charge >= 0.3 is 0 Å². The molecule has 1 N–H and O–H groups in total. The van der Waals surface area contributed by atoms with Crippen LogP contribution in [0.25, 0.3) is 0 Å². The smallest absolute Gasteiger partial charge is 0.163 e. The van der Waals surface area contributed by atoms with Crippen LogP contribution in [-0.4, -0.2) is 16.1 Å². The molecule has 1 heterocycles. The molecule has 1 aromatic heterocycles. The van der Waals surface area contributed by atoms with Gasteiger partial charge in [-0.25, -0.2) is 8.78 Å². The topological polar surface area (TPSA) is 37.8 Å². The third kappa shape index (κ3) is 3.02. The molecule has 0 saturated carbocycles. The Morgan fingerprint density at radius 1 is 1.30 bits per heavy atom. The fourth-order valence-electron chi connectivity index (χ4n) is 2.14. The first-order valence-electron chi connectivity index (χ1n) is 6.67. The number of benzene rings is 1. The van der Waals surface area contributed by atoms with Gasteiger partial charge in [-0.15, -0.1) is 5.10 Å². The minimum atomic E-state index is -0.833. The average molecular weight is 297 g/mol. The average Bonchev–Trinajstić information content (AvgIpc) is 2.88. The lowest BCUT2D eigenvalue weighted by Gasteiger charge is -2.18. The maximum Gasteiger partial charge on any atom is 0.163 e. The summed E-state index contributed by atoms with van der Waals surface area (Å²) in [6.07, 6.45) is 1.72. The summed E-state index contributed by atoms with van der Waals surface area (Å²) >= 11 is 1.23. The Labute approximate surface area is 121 Å². The SMILES string of the molecule is CCCc1nnsc1C(NCC)c1cccc(F)c1F. The first kappa shape index (κ1) is 15.0. The highest BCUT2D eigenvalue weighted by molar-refractivity contribution is 7.05. The number of nitrogens with zero attached hydrogens (tertiary/aromatic N) is 2. The highest BCUT2D eigenvalue weighted by atomic mass is 32.1. The molecule has 0 amide bonds. The van der Waals surface area contributed by atoms with E-state index < -0.39 is 17.7 Å². The molecular weight excluding hydrogens is 280 g/mol. The van der Waals surface area contributed by atoms with E-state index in [-0.39, 0.29) is 0 Å². The van der Waals surface area contributed by atoms with E-state index in [1.165, 1.54) is 17.6 Å². The van der Waals surface area contributed by atoms with E-state index in [4.69, 9.17) is 0 Å². The summed E-state index contributed by atoms with van der Waals surface area (Å²) in [7, 11) is 0. The lowest BCUT2D eigenvalue weighted by atomic mass is 10.0. The molecule has 1 unspecified atom stereocenters. The molecule has 3 nitrogen and oxygen atoms in total. The van der Waals surface area contributed by atoms with Crippen molar-refractivity contribution in [2.24, 2.45) is 0 Å². The fourth-order valence-corrected chi connectivity index (χ4v) is 2.93. The predicted molar refractivity (Wildman–Crippen MR) is 75.8 cm³/mol. The van der Waals surface area contributed by atoms with Crippen LogP contribution in [0.4, 0.5) is 8.78 Å². The third-order valence-corrected chi connectivity index (χ3v) is 3.87. The zero-order valence-corrected chi connectivity index (χ0v) is 12.3. The lowest BCUT2D eigenvalue weighted by molar-refractivity contribution is 0.483. The maximum atomic E-state index is 14.0. The largest absolute Gasteiger partial charge is 0.306 e. The predicted octanol–water partition coefficient (Wildman–Crippen LogP) is 3.47. The van der Waals surface area contributed by atoms with Crippen LogP contribution in [0.5, 0.6) is 0 Å². The normalized spacial score (nSPS) is 12.6. The molecule has 0 fully saturated rings. The van der Waals surface area contributed by atoms with E-state index >= 15 is 0 Å². The van der Waals surface area contributed by atoms with Gasteiger partial charge in [0.2, 0.25) is 0 Å². The summed E-state index contributed by atoms with van der Waals surface area (Å²) in [5.41, 5.74) is 1.15. The Balaban J connectivity index is 2.45. The molecule has 2 rings (SSSR count). The van der Waals surface area contributed by atoms with Crippen LogP contribution in [0.15, 0.2) is 18.2 Å². The van der Waals surface area contributed by atoms with E-state index in [2.05, 4.69) is 14.9 Å². The van der Waals surface area contributed by atoms with E-state index in [9.17, 15) is 8.78 Å². The molecular formula is C14H17F2N3S. The van der Waals surface area contributed by atoms with Gasteiger partial charge < -0.3 is 5.32 Å². The van der Waals surface area contributed by atoms with Crippen molar-refractivity contribution in [3.8, 4) is 0 Å². The number of aryl methyl sites for hydroxylation is 1. The molecule has 6 heteroatoms. The van der Waals surface area contributed by atoms with Crippen molar-refractivity contribution < 1.29 is 8.78 Å². The summed E-state index contributed by atoms with van der Waals surface area (Å²) in [6.45, 7) is 4.62. The molecule has 0 aliphatic heterocycles. The van der Waals surface area contributed by atoms with E-state index in [0.717, 1.165) is 29.5 Å². The second kappa shape index (κ2) is 6.85. The molecule has 0 aliphatic carbocycles. The van der Waals surface area contributed by atoms with Crippen molar-refractivity contribution in [3.05, 3.63) is 46.0 Å². The number of rotatable bonds is 6. The van der Waals surface area contributed by atoms with Crippen LogP contribution in [0.1, 0.15) is 42.4 Å². The van der Waals surface area contributed by atoms with Gasteiger partial charge in [-0.3, -0.25) is 0 Å². The van der Waals surface area contributed by atoms with Gasteiger partial charge in [0.25, 0.3) is 0 Å². The Morgan fingerprint density at radius 2 is 2.10 bits per heavy atom. The van der Waals surface area contributed by atoms with Gasteiger partial charge in [0, 0.05) is 5.56 Å². The molecule has 108 valence electrons. The van der Waals surface area contributed by atoms with Gasteiger partial charge in [0.05, 0.1) is 16.6 Å². The van der Waals surface area contributed by atoms with Crippen molar-refractivity contribution in [2.75, 3.05) is 6.54 Å². The number of halogens is 2. The highest BCUT2D eigenvalue weighted by Gasteiger charge is 2.24. The molecule has 0 aliphatic rings. The molecule has 1 atom stereocenters. The zero-order chi connectivity index (χ0) is 14.5. The van der Waals surface area contributed by atoms with Crippen molar-refractivity contribution >= 4 is 11.5 Å². The van der Waals surface area contributed by atoms with Crippen LogP contribution >= 0.6 is 11.5 Å². The minimum Gasteiger partial charge on any atom is -0.306 e. The molecule has 1 aromatic carbocycles.